The fourth-order valence-electron chi connectivity index (χ4n) is 1.64. The van der Waals surface area contributed by atoms with E-state index in [4.69, 9.17) is 40.5 Å². The Morgan fingerprint density at radius 3 is 1.38 bits per heavy atom. The molecule has 0 bridgehead atoms. The normalized spacial score (nSPS) is 9.79. The molecule has 0 fully saturated rings. The molecular weight excluding hydrogens is 618 g/mol. The molecule has 0 unspecified atom stereocenters. The summed E-state index contributed by atoms with van der Waals surface area (Å²) >= 11 is 4.50. The molecule has 0 aliphatic rings. The molecule has 0 heterocycles. The van der Waals surface area contributed by atoms with Crippen molar-refractivity contribution in [3.63, 3.8) is 0 Å². The lowest BCUT2D eigenvalue weighted by molar-refractivity contribution is 0.352. The first-order valence-electron chi connectivity index (χ1n) is 7.63. The van der Waals surface area contributed by atoms with Crippen molar-refractivity contribution < 1.29 is 20.4 Å². The van der Waals surface area contributed by atoms with Gasteiger partial charge in [-0.15, -0.1) is 0 Å². The Kier molecular flexibility index (Phi) is 13.5. The fourth-order valence-corrected chi connectivity index (χ4v) is 2.85. The predicted molar refractivity (Wildman–Crippen MR) is 132 cm³/mol. The minimum Gasteiger partial charge on any atom is -0.759 e. The van der Waals surface area contributed by atoms with Gasteiger partial charge in [0.25, 0.3) is 0 Å². The van der Waals surface area contributed by atoms with E-state index in [0.717, 1.165) is 11.1 Å². The van der Waals surface area contributed by atoms with Crippen molar-refractivity contribution in [3.05, 3.63) is 66.8 Å². The quantitative estimate of drug-likeness (QED) is 0.125. The molecule has 0 atom stereocenters. The van der Waals surface area contributed by atoms with Crippen LogP contribution in [0.5, 0.6) is 0 Å². The zero-order valence-corrected chi connectivity index (χ0v) is 20.2. The number of nitrogens with two attached hydrogens (primary N) is 4. The van der Waals surface area contributed by atoms with Gasteiger partial charge >= 0.3 is 0 Å². The summed E-state index contributed by atoms with van der Waals surface area (Å²) in [5, 5.41) is 0. The SMILES string of the molecule is NC(N)=NCc1cccc([123I])c1.NC(N)=NCc1cccc([123I])c1.O=S(=O)([O-])[O-].[HH].[HH]. The summed E-state index contributed by atoms with van der Waals surface area (Å²) in [6.07, 6.45) is 0. The van der Waals surface area contributed by atoms with E-state index in [1.807, 2.05) is 48.5 Å². The van der Waals surface area contributed by atoms with Gasteiger partial charge in [0, 0.05) is 20.4 Å². The molecule has 8 N–H and O–H groups in total. The second kappa shape index (κ2) is 14.3. The number of hydrogen-bond acceptors (Lipinski definition) is 6. The Hall–Kier alpha value is -1.69. The molecule has 164 valence electrons. The zero-order valence-electron chi connectivity index (χ0n) is 15.0. The maximum absolute atomic E-state index is 8.52. The van der Waals surface area contributed by atoms with Crippen LogP contribution >= 0.6 is 45.2 Å². The standard InChI is InChI=1S/2C8H10IN3.H2O4S.2H2/c2*9-7-3-1-2-6(4-7)5-12-8(10)11;1-5(2,3)4;;/h2*1-4H,5H2,(H4,10,11,12);(H2,1,2,3,4);2*1H/p-2/i2*9-4;;;. The first kappa shape index (κ1) is 27.3. The monoisotopic (exact) mass is 642 g/mol. The highest BCUT2D eigenvalue weighted by atomic mass is 123. The predicted octanol–water partition coefficient (Wildman–Crippen LogP) is 1.28. The van der Waals surface area contributed by atoms with Crippen molar-refractivity contribution >= 4 is 67.5 Å². The summed E-state index contributed by atoms with van der Waals surface area (Å²) in [4.78, 5) is 7.81. The van der Waals surface area contributed by atoms with E-state index in [1.54, 1.807) is 0 Å². The van der Waals surface area contributed by atoms with Gasteiger partial charge < -0.3 is 32.0 Å². The van der Waals surface area contributed by atoms with E-state index in [1.165, 1.54) is 7.14 Å². The molecule has 0 spiro atoms. The zero-order chi connectivity index (χ0) is 22.4. The van der Waals surface area contributed by atoms with Crippen LogP contribution in [0.25, 0.3) is 0 Å². The first-order valence-corrected chi connectivity index (χ1v) is 11.1. The van der Waals surface area contributed by atoms with Gasteiger partial charge in [0.1, 0.15) is 0 Å². The Bertz CT molecular complexity index is 872. The van der Waals surface area contributed by atoms with Crippen LogP contribution in [0.2, 0.25) is 0 Å². The van der Waals surface area contributed by atoms with Crippen LogP contribution in [0.3, 0.4) is 0 Å². The van der Waals surface area contributed by atoms with Crippen LogP contribution in [-0.4, -0.2) is 29.4 Å². The van der Waals surface area contributed by atoms with Gasteiger partial charge in [-0.2, -0.15) is 0 Å². The van der Waals surface area contributed by atoms with Crippen molar-refractivity contribution in [3.8, 4) is 0 Å². The summed E-state index contributed by atoms with van der Waals surface area (Å²) in [7, 11) is -5.17. The third-order valence-electron chi connectivity index (χ3n) is 2.67. The maximum Gasteiger partial charge on any atom is 0.186 e. The molecule has 0 amide bonds. The summed E-state index contributed by atoms with van der Waals surface area (Å²) in [6.45, 7) is 1.11. The van der Waals surface area contributed by atoms with Crippen LogP contribution in [0.15, 0.2) is 58.5 Å². The number of benzene rings is 2. The third-order valence-corrected chi connectivity index (χ3v) is 4.01. The van der Waals surface area contributed by atoms with Crippen LogP contribution in [0.4, 0.5) is 0 Å². The lowest BCUT2D eigenvalue weighted by Gasteiger charge is -2.06. The van der Waals surface area contributed by atoms with Crippen molar-refractivity contribution in [2.75, 3.05) is 0 Å². The van der Waals surface area contributed by atoms with Crippen LogP contribution in [0, 0.1) is 7.14 Å². The van der Waals surface area contributed by atoms with Crippen molar-refractivity contribution in [1.29, 1.82) is 0 Å². The molecular formula is C16H24I2N6O4S-2. The van der Waals surface area contributed by atoms with E-state index in [2.05, 4.69) is 55.2 Å². The number of rotatable bonds is 4. The molecule has 2 aromatic rings. The van der Waals surface area contributed by atoms with Gasteiger partial charge in [-0.3, -0.25) is 8.42 Å². The third kappa shape index (κ3) is 19.4. The van der Waals surface area contributed by atoms with E-state index in [9.17, 15) is 0 Å². The molecule has 10 nitrogen and oxygen atoms in total. The van der Waals surface area contributed by atoms with Gasteiger partial charge in [-0.1, -0.05) is 24.3 Å². The summed E-state index contributed by atoms with van der Waals surface area (Å²) in [5.74, 6) is 0.266. The molecule has 29 heavy (non-hydrogen) atoms. The molecule has 2 aromatic carbocycles. The summed E-state index contributed by atoms with van der Waals surface area (Å²) < 4.78 is 36.5. The van der Waals surface area contributed by atoms with Gasteiger partial charge in [-0.25, -0.2) is 9.98 Å². The molecule has 0 aliphatic heterocycles. The molecule has 0 saturated carbocycles. The van der Waals surface area contributed by atoms with Crippen molar-refractivity contribution in [2.24, 2.45) is 32.9 Å². The second-order valence-corrected chi connectivity index (χ2v) is 8.46. The van der Waals surface area contributed by atoms with Crippen molar-refractivity contribution in [1.82, 2.24) is 0 Å². The minimum absolute atomic E-state index is 0. The van der Waals surface area contributed by atoms with Crippen LogP contribution in [-0.2, 0) is 23.5 Å². The Morgan fingerprint density at radius 2 is 1.14 bits per heavy atom. The Morgan fingerprint density at radius 1 is 0.828 bits per heavy atom. The van der Waals surface area contributed by atoms with E-state index in [-0.39, 0.29) is 14.8 Å². The Labute approximate surface area is 199 Å². The maximum atomic E-state index is 8.52. The van der Waals surface area contributed by atoms with Gasteiger partial charge in [0.2, 0.25) is 0 Å². The van der Waals surface area contributed by atoms with Gasteiger partial charge in [0.05, 0.1) is 13.1 Å². The van der Waals surface area contributed by atoms with E-state index in [0.29, 0.717) is 13.1 Å². The van der Waals surface area contributed by atoms with Crippen LogP contribution < -0.4 is 22.9 Å². The highest BCUT2D eigenvalue weighted by Crippen LogP contribution is 2.09. The van der Waals surface area contributed by atoms with Crippen LogP contribution in [0.1, 0.15) is 14.0 Å². The topological polar surface area (TPSA) is 209 Å². The average molecular weight is 642 g/mol. The summed E-state index contributed by atoms with van der Waals surface area (Å²) in [5.41, 5.74) is 23.1. The smallest absolute Gasteiger partial charge is 0.186 e. The Balaban J connectivity index is -0.000000397. The largest absolute Gasteiger partial charge is 0.759 e. The van der Waals surface area contributed by atoms with Gasteiger partial charge in [0.15, 0.2) is 11.9 Å². The minimum atomic E-state index is -5.17. The molecule has 0 saturated heterocycles. The lowest BCUT2D eigenvalue weighted by atomic mass is 10.2. The second-order valence-electron chi connectivity index (χ2n) is 5.15. The van der Waals surface area contributed by atoms with E-state index >= 15 is 0 Å². The molecule has 0 radical (unpaired) electrons. The molecule has 2 rings (SSSR count). The number of guanidine groups is 2. The number of aliphatic imine (C=N–C) groups is 2. The van der Waals surface area contributed by atoms with E-state index < -0.39 is 10.4 Å². The molecule has 13 heteroatoms. The number of halogens is 2. The lowest BCUT2D eigenvalue weighted by Crippen LogP contribution is -2.22. The van der Waals surface area contributed by atoms with Crippen molar-refractivity contribution in [2.45, 2.75) is 13.1 Å². The fraction of sp³-hybridized carbons (Fsp3) is 0.125. The molecule has 0 aliphatic carbocycles. The van der Waals surface area contributed by atoms with Gasteiger partial charge in [-0.05, 0) is 80.6 Å². The number of nitrogens with zero attached hydrogens (tertiary/aromatic N) is 2. The summed E-state index contributed by atoms with van der Waals surface area (Å²) in [6, 6.07) is 16.1. The highest BCUT2D eigenvalue weighted by Gasteiger charge is 1.92. The first-order chi connectivity index (χ1) is 13.4. The molecule has 0 aromatic heterocycles. The highest BCUT2D eigenvalue weighted by molar-refractivity contribution is 14.1. The number of hydrogen-bond donors (Lipinski definition) is 4. The average Bonchev–Trinajstić information content (AvgIpc) is 2.57.